The van der Waals surface area contributed by atoms with Gasteiger partial charge in [-0.1, -0.05) is 25.4 Å². The van der Waals surface area contributed by atoms with Crippen LogP contribution >= 0.6 is 11.6 Å². The zero-order valence-corrected chi connectivity index (χ0v) is 15.0. The predicted octanol–water partition coefficient (Wildman–Crippen LogP) is 3.66. The Balaban J connectivity index is 2.14. The number of hydrogen-bond acceptors (Lipinski definition) is 4. The molecule has 0 aromatic carbocycles. The highest BCUT2D eigenvalue weighted by molar-refractivity contribution is 6.29. The van der Waals surface area contributed by atoms with Gasteiger partial charge in [0.15, 0.2) is 0 Å². The molecule has 1 unspecified atom stereocenters. The number of rotatable bonds is 8. The Labute approximate surface area is 153 Å². The minimum Gasteiger partial charge on any atom is -0.352 e. The van der Waals surface area contributed by atoms with Crippen molar-refractivity contribution in [1.82, 2.24) is 20.1 Å². The Kier molecular flexibility index (Phi) is 6.84. The van der Waals surface area contributed by atoms with Gasteiger partial charge in [0.2, 0.25) is 0 Å². The van der Waals surface area contributed by atoms with Crippen molar-refractivity contribution in [3.8, 4) is 0 Å². The van der Waals surface area contributed by atoms with Crippen molar-refractivity contribution >= 4 is 28.9 Å². The molecule has 0 spiro atoms. The smallest absolute Gasteiger partial charge is 0.257 e. The van der Waals surface area contributed by atoms with Crippen LogP contribution in [0.2, 0.25) is 5.15 Å². The standard InChI is InChI=1S/C16H19ClF3N5O/c1-9(2)12(18)6-22-16(26)11-5-21-14(17)3-13(11)24-10-4-23-25(7-10)8-15(19)20/h3-5,7,9,12,15H,6,8H2,1-2H3,(H,21,24)(H,22,26). The van der Waals surface area contributed by atoms with Gasteiger partial charge in [0.05, 0.1) is 23.1 Å². The molecule has 2 N–H and O–H groups in total. The SMILES string of the molecule is CC(C)C(F)CNC(=O)c1cnc(Cl)cc1Nc1cnn(CC(F)F)c1. The normalized spacial score (nSPS) is 12.5. The fourth-order valence-electron chi connectivity index (χ4n) is 2.06. The van der Waals surface area contributed by atoms with Crippen molar-refractivity contribution < 1.29 is 18.0 Å². The monoisotopic (exact) mass is 389 g/mol. The van der Waals surface area contributed by atoms with E-state index in [0.29, 0.717) is 11.4 Å². The molecule has 1 amide bonds. The van der Waals surface area contributed by atoms with Crippen LogP contribution in [0, 0.1) is 5.92 Å². The Morgan fingerprint density at radius 2 is 2.04 bits per heavy atom. The number of carbonyl (C=O) groups excluding carboxylic acids is 1. The maximum absolute atomic E-state index is 13.7. The maximum Gasteiger partial charge on any atom is 0.257 e. The van der Waals surface area contributed by atoms with E-state index in [0.717, 1.165) is 4.68 Å². The highest BCUT2D eigenvalue weighted by Crippen LogP contribution is 2.23. The van der Waals surface area contributed by atoms with E-state index in [4.69, 9.17) is 11.6 Å². The lowest BCUT2D eigenvalue weighted by atomic mass is 10.1. The first-order valence-electron chi connectivity index (χ1n) is 7.91. The molecule has 0 saturated heterocycles. The summed E-state index contributed by atoms with van der Waals surface area (Å²) in [4.78, 5) is 16.2. The molecule has 2 rings (SSSR count). The number of hydrogen-bond donors (Lipinski definition) is 2. The summed E-state index contributed by atoms with van der Waals surface area (Å²) in [7, 11) is 0. The average molecular weight is 390 g/mol. The topological polar surface area (TPSA) is 71.8 Å². The molecule has 0 saturated carbocycles. The summed E-state index contributed by atoms with van der Waals surface area (Å²) in [5, 5.41) is 9.33. The number of nitrogens with one attached hydrogen (secondary N) is 2. The first-order chi connectivity index (χ1) is 12.3. The molecule has 0 fully saturated rings. The molecular weight excluding hydrogens is 371 g/mol. The first-order valence-corrected chi connectivity index (χ1v) is 8.29. The summed E-state index contributed by atoms with van der Waals surface area (Å²) in [6.45, 7) is 2.75. The van der Waals surface area contributed by atoms with Gasteiger partial charge < -0.3 is 10.6 Å². The molecule has 0 aliphatic heterocycles. The van der Waals surface area contributed by atoms with E-state index < -0.39 is 25.0 Å². The van der Waals surface area contributed by atoms with Gasteiger partial charge in [-0.05, 0) is 12.0 Å². The zero-order valence-electron chi connectivity index (χ0n) is 14.2. The molecule has 0 bridgehead atoms. The van der Waals surface area contributed by atoms with Crippen LogP contribution < -0.4 is 10.6 Å². The number of anilines is 2. The van der Waals surface area contributed by atoms with E-state index in [1.807, 2.05) is 0 Å². The van der Waals surface area contributed by atoms with Crippen molar-refractivity contribution in [1.29, 1.82) is 0 Å². The minimum atomic E-state index is -2.53. The van der Waals surface area contributed by atoms with E-state index in [-0.39, 0.29) is 23.2 Å². The Morgan fingerprint density at radius 3 is 2.69 bits per heavy atom. The Morgan fingerprint density at radius 1 is 1.31 bits per heavy atom. The molecule has 0 aliphatic carbocycles. The molecule has 2 aromatic heterocycles. The van der Waals surface area contributed by atoms with Crippen LogP contribution in [0.15, 0.2) is 24.7 Å². The third-order valence-electron chi connectivity index (χ3n) is 3.53. The largest absolute Gasteiger partial charge is 0.352 e. The molecule has 10 heteroatoms. The van der Waals surface area contributed by atoms with Crippen molar-refractivity contribution in [3.05, 3.63) is 35.4 Å². The van der Waals surface area contributed by atoms with Gasteiger partial charge in [-0.2, -0.15) is 5.10 Å². The number of halogens is 4. The van der Waals surface area contributed by atoms with Crippen LogP contribution in [0.5, 0.6) is 0 Å². The number of amides is 1. The van der Waals surface area contributed by atoms with Crippen molar-refractivity contribution in [2.24, 2.45) is 5.92 Å². The van der Waals surface area contributed by atoms with Gasteiger partial charge in [-0.25, -0.2) is 18.2 Å². The van der Waals surface area contributed by atoms with Crippen LogP contribution in [-0.4, -0.2) is 39.8 Å². The number of nitrogens with zero attached hydrogens (tertiary/aromatic N) is 3. The molecule has 0 radical (unpaired) electrons. The average Bonchev–Trinajstić information content (AvgIpc) is 2.98. The second-order valence-corrected chi connectivity index (χ2v) is 6.38. The third-order valence-corrected chi connectivity index (χ3v) is 3.74. The Bertz CT molecular complexity index is 753. The highest BCUT2D eigenvalue weighted by atomic mass is 35.5. The molecule has 142 valence electrons. The van der Waals surface area contributed by atoms with Crippen LogP contribution in [-0.2, 0) is 6.54 Å². The minimum absolute atomic E-state index is 0.134. The molecule has 2 aromatic rings. The van der Waals surface area contributed by atoms with E-state index in [2.05, 4.69) is 20.7 Å². The Hall–Kier alpha value is -2.29. The molecule has 1 atom stereocenters. The molecule has 2 heterocycles. The van der Waals surface area contributed by atoms with Gasteiger partial charge in [-0.15, -0.1) is 0 Å². The lowest BCUT2D eigenvalue weighted by Gasteiger charge is -2.14. The van der Waals surface area contributed by atoms with Crippen molar-refractivity contribution in [3.63, 3.8) is 0 Å². The molecular formula is C16H19ClF3N5O. The quantitative estimate of drug-likeness (QED) is 0.676. The van der Waals surface area contributed by atoms with Crippen molar-refractivity contribution in [2.45, 2.75) is 33.0 Å². The number of alkyl halides is 3. The van der Waals surface area contributed by atoms with E-state index in [9.17, 15) is 18.0 Å². The number of pyridine rings is 1. The zero-order chi connectivity index (χ0) is 19.3. The van der Waals surface area contributed by atoms with E-state index >= 15 is 0 Å². The van der Waals surface area contributed by atoms with Gasteiger partial charge in [0.25, 0.3) is 12.3 Å². The lowest BCUT2D eigenvalue weighted by molar-refractivity contribution is 0.0935. The fourth-order valence-corrected chi connectivity index (χ4v) is 2.22. The summed E-state index contributed by atoms with van der Waals surface area (Å²) in [6, 6.07) is 1.41. The second kappa shape index (κ2) is 8.88. The van der Waals surface area contributed by atoms with Gasteiger partial charge >= 0.3 is 0 Å². The second-order valence-electron chi connectivity index (χ2n) is 5.99. The predicted molar refractivity (Wildman–Crippen MR) is 92.8 cm³/mol. The number of carbonyl (C=O) groups is 1. The summed E-state index contributed by atoms with van der Waals surface area (Å²) >= 11 is 5.87. The first kappa shape index (κ1) is 20.0. The summed E-state index contributed by atoms with van der Waals surface area (Å²) < 4.78 is 39.5. The molecule has 6 nitrogen and oxygen atoms in total. The van der Waals surface area contributed by atoms with Crippen LogP contribution in [0.4, 0.5) is 24.5 Å². The fraction of sp³-hybridized carbons (Fsp3) is 0.438. The van der Waals surface area contributed by atoms with E-state index in [1.165, 1.54) is 24.7 Å². The lowest BCUT2D eigenvalue weighted by Crippen LogP contribution is -2.32. The highest BCUT2D eigenvalue weighted by Gasteiger charge is 2.17. The summed E-state index contributed by atoms with van der Waals surface area (Å²) in [5.41, 5.74) is 0.846. The summed E-state index contributed by atoms with van der Waals surface area (Å²) in [5.74, 6) is -0.753. The van der Waals surface area contributed by atoms with Crippen LogP contribution in [0.25, 0.3) is 0 Å². The maximum atomic E-state index is 13.7. The van der Waals surface area contributed by atoms with Gasteiger partial charge in [0.1, 0.15) is 17.9 Å². The van der Waals surface area contributed by atoms with Crippen LogP contribution in [0.1, 0.15) is 24.2 Å². The van der Waals surface area contributed by atoms with Gasteiger partial charge in [0, 0.05) is 18.9 Å². The summed E-state index contributed by atoms with van der Waals surface area (Å²) in [6.07, 6.45) is 0.261. The van der Waals surface area contributed by atoms with Gasteiger partial charge in [-0.3, -0.25) is 9.48 Å². The number of aromatic nitrogens is 3. The molecule has 26 heavy (non-hydrogen) atoms. The molecule has 0 aliphatic rings. The van der Waals surface area contributed by atoms with Crippen LogP contribution in [0.3, 0.4) is 0 Å². The van der Waals surface area contributed by atoms with E-state index in [1.54, 1.807) is 13.8 Å². The third kappa shape index (κ3) is 5.62. The van der Waals surface area contributed by atoms with Crippen molar-refractivity contribution in [2.75, 3.05) is 11.9 Å².